The number of unbranched alkanes of at least 4 members (excludes halogenated alkanes) is 2. The van der Waals surface area contributed by atoms with Gasteiger partial charge in [-0.2, -0.15) is 0 Å². The molecule has 0 amide bonds. The molecule has 0 atom stereocenters. The third-order valence-corrected chi connectivity index (χ3v) is 4.81. The molecule has 0 bridgehead atoms. The third kappa shape index (κ3) is 3.96. The Labute approximate surface area is 165 Å². The SMILES string of the molecule is CCCCCOc1cc(-n2c(N)nc3cc(C(=O)O)ccc32)ccc1C(C)C. The highest BCUT2D eigenvalue weighted by molar-refractivity contribution is 5.93. The molecule has 2 aromatic carbocycles. The molecule has 0 saturated heterocycles. The van der Waals surface area contributed by atoms with Crippen molar-refractivity contribution in [3.05, 3.63) is 47.5 Å². The van der Waals surface area contributed by atoms with Gasteiger partial charge in [0.2, 0.25) is 5.95 Å². The van der Waals surface area contributed by atoms with Crippen LogP contribution < -0.4 is 10.5 Å². The van der Waals surface area contributed by atoms with Crippen LogP contribution in [-0.4, -0.2) is 27.2 Å². The van der Waals surface area contributed by atoms with E-state index in [1.54, 1.807) is 12.1 Å². The molecule has 1 heterocycles. The fourth-order valence-electron chi connectivity index (χ4n) is 3.30. The summed E-state index contributed by atoms with van der Waals surface area (Å²) in [6, 6.07) is 10.9. The van der Waals surface area contributed by atoms with Gasteiger partial charge in [-0.15, -0.1) is 0 Å². The number of nitrogens with zero attached hydrogens (tertiary/aromatic N) is 2. The quantitative estimate of drug-likeness (QED) is 0.536. The zero-order valence-electron chi connectivity index (χ0n) is 16.6. The van der Waals surface area contributed by atoms with Crippen molar-refractivity contribution in [1.29, 1.82) is 0 Å². The summed E-state index contributed by atoms with van der Waals surface area (Å²) in [6.45, 7) is 7.13. The highest BCUT2D eigenvalue weighted by Crippen LogP contribution is 2.32. The molecular weight excluding hydrogens is 354 g/mol. The fraction of sp³-hybridized carbons (Fsp3) is 0.364. The van der Waals surface area contributed by atoms with Gasteiger partial charge in [0.25, 0.3) is 0 Å². The molecule has 0 unspecified atom stereocenters. The minimum atomic E-state index is -0.987. The van der Waals surface area contributed by atoms with Crippen LogP contribution in [0.25, 0.3) is 16.7 Å². The van der Waals surface area contributed by atoms with Crippen LogP contribution in [-0.2, 0) is 0 Å². The smallest absolute Gasteiger partial charge is 0.335 e. The number of aromatic carboxylic acids is 1. The normalized spacial score (nSPS) is 11.3. The van der Waals surface area contributed by atoms with Crippen molar-refractivity contribution in [3.8, 4) is 11.4 Å². The van der Waals surface area contributed by atoms with Gasteiger partial charge in [0.05, 0.1) is 28.9 Å². The van der Waals surface area contributed by atoms with Crippen LogP contribution in [0.3, 0.4) is 0 Å². The van der Waals surface area contributed by atoms with Gasteiger partial charge in [0.15, 0.2) is 0 Å². The van der Waals surface area contributed by atoms with Crippen molar-refractivity contribution in [2.75, 3.05) is 12.3 Å². The highest BCUT2D eigenvalue weighted by Gasteiger charge is 2.15. The minimum absolute atomic E-state index is 0.187. The average Bonchev–Trinajstić information content (AvgIpc) is 2.99. The second kappa shape index (κ2) is 8.33. The summed E-state index contributed by atoms with van der Waals surface area (Å²) < 4.78 is 7.91. The van der Waals surface area contributed by atoms with Crippen molar-refractivity contribution in [1.82, 2.24) is 9.55 Å². The van der Waals surface area contributed by atoms with Crippen molar-refractivity contribution in [2.45, 2.75) is 46.0 Å². The van der Waals surface area contributed by atoms with E-state index in [0.717, 1.165) is 41.8 Å². The lowest BCUT2D eigenvalue weighted by molar-refractivity contribution is 0.0697. The zero-order valence-corrected chi connectivity index (χ0v) is 16.6. The van der Waals surface area contributed by atoms with Crippen LogP contribution in [0.2, 0.25) is 0 Å². The highest BCUT2D eigenvalue weighted by atomic mass is 16.5. The van der Waals surface area contributed by atoms with Crippen molar-refractivity contribution < 1.29 is 14.6 Å². The Hall–Kier alpha value is -3.02. The van der Waals surface area contributed by atoms with Gasteiger partial charge < -0.3 is 15.6 Å². The van der Waals surface area contributed by atoms with Crippen molar-refractivity contribution in [2.24, 2.45) is 0 Å². The van der Waals surface area contributed by atoms with E-state index >= 15 is 0 Å². The molecule has 0 radical (unpaired) electrons. The maximum atomic E-state index is 11.2. The van der Waals surface area contributed by atoms with Gasteiger partial charge in [-0.25, -0.2) is 9.78 Å². The number of carboxylic acid groups (broad SMARTS) is 1. The molecule has 0 aliphatic carbocycles. The first-order chi connectivity index (χ1) is 13.4. The fourth-order valence-corrected chi connectivity index (χ4v) is 3.30. The summed E-state index contributed by atoms with van der Waals surface area (Å²) in [5.41, 5.74) is 9.66. The van der Waals surface area contributed by atoms with E-state index < -0.39 is 5.97 Å². The average molecular weight is 381 g/mol. The molecule has 3 aromatic rings. The molecule has 0 saturated carbocycles. The second-order valence-corrected chi connectivity index (χ2v) is 7.25. The number of nitrogen functional groups attached to an aromatic ring is 1. The molecule has 1 aromatic heterocycles. The van der Waals surface area contributed by atoms with E-state index in [2.05, 4.69) is 31.8 Å². The van der Waals surface area contributed by atoms with Crippen molar-refractivity contribution in [3.63, 3.8) is 0 Å². The van der Waals surface area contributed by atoms with E-state index in [1.165, 1.54) is 6.07 Å². The van der Waals surface area contributed by atoms with Crippen LogP contribution in [0.1, 0.15) is 61.9 Å². The first-order valence-corrected chi connectivity index (χ1v) is 9.70. The summed E-state index contributed by atoms with van der Waals surface area (Å²) in [5.74, 6) is 0.517. The predicted molar refractivity (Wildman–Crippen MR) is 112 cm³/mol. The molecule has 6 heteroatoms. The predicted octanol–water partition coefficient (Wildman–Crippen LogP) is 5.00. The number of aromatic nitrogens is 2. The summed E-state index contributed by atoms with van der Waals surface area (Å²) in [6.07, 6.45) is 3.31. The van der Waals surface area contributed by atoms with Gasteiger partial charge in [0, 0.05) is 6.07 Å². The number of hydrogen-bond donors (Lipinski definition) is 2. The van der Waals surface area contributed by atoms with Gasteiger partial charge in [-0.05, 0) is 42.2 Å². The Bertz CT molecular complexity index is 992. The number of carboxylic acids is 1. The standard InChI is InChI=1S/C22H27N3O3/c1-4-5-6-11-28-20-13-16(8-9-17(20)14(2)3)25-19-10-7-15(21(26)27)12-18(19)24-22(25)23/h7-10,12-14H,4-6,11H2,1-3H3,(H2,23,24)(H,26,27). The largest absolute Gasteiger partial charge is 0.493 e. The number of nitrogens with two attached hydrogens (primary N) is 1. The van der Waals surface area contributed by atoms with E-state index in [-0.39, 0.29) is 5.56 Å². The number of carbonyl (C=O) groups is 1. The number of hydrogen-bond acceptors (Lipinski definition) is 4. The molecule has 148 valence electrons. The van der Waals surface area contributed by atoms with Crippen LogP contribution in [0.15, 0.2) is 36.4 Å². The Morgan fingerprint density at radius 1 is 1.21 bits per heavy atom. The first kappa shape index (κ1) is 19.7. The number of anilines is 1. The minimum Gasteiger partial charge on any atom is -0.493 e. The number of ether oxygens (including phenoxy) is 1. The van der Waals surface area contributed by atoms with Crippen LogP contribution in [0.5, 0.6) is 5.75 Å². The van der Waals surface area contributed by atoms with Crippen LogP contribution >= 0.6 is 0 Å². The van der Waals surface area contributed by atoms with Crippen LogP contribution in [0.4, 0.5) is 5.95 Å². The van der Waals surface area contributed by atoms with Gasteiger partial charge in [-0.1, -0.05) is 39.7 Å². The molecule has 0 aliphatic rings. The number of imidazole rings is 1. The van der Waals surface area contributed by atoms with E-state index in [4.69, 9.17) is 10.5 Å². The molecule has 28 heavy (non-hydrogen) atoms. The second-order valence-electron chi connectivity index (χ2n) is 7.25. The topological polar surface area (TPSA) is 90.4 Å². The van der Waals surface area contributed by atoms with Crippen molar-refractivity contribution >= 4 is 23.0 Å². The van der Waals surface area contributed by atoms with Gasteiger partial charge >= 0.3 is 5.97 Å². The molecule has 0 fully saturated rings. The Kier molecular flexibility index (Phi) is 5.87. The summed E-state index contributed by atoms with van der Waals surface area (Å²) in [7, 11) is 0. The molecule has 6 nitrogen and oxygen atoms in total. The number of benzene rings is 2. The van der Waals surface area contributed by atoms with E-state index in [9.17, 15) is 9.90 Å². The summed E-state index contributed by atoms with van der Waals surface area (Å²) >= 11 is 0. The molecule has 3 N–H and O–H groups in total. The Balaban J connectivity index is 2.03. The molecule has 3 rings (SSSR count). The third-order valence-electron chi connectivity index (χ3n) is 4.81. The Morgan fingerprint density at radius 3 is 2.68 bits per heavy atom. The maximum absolute atomic E-state index is 11.2. The van der Waals surface area contributed by atoms with E-state index in [1.807, 2.05) is 16.7 Å². The van der Waals surface area contributed by atoms with Gasteiger partial charge in [0.1, 0.15) is 5.75 Å². The van der Waals surface area contributed by atoms with E-state index in [0.29, 0.717) is 24.0 Å². The molecule has 0 aliphatic heterocycles. The summed E-state index contributed by atoms with van der Waals surface area (Å²) in [5, 5.41) is 9.19. The maximum Gasteiger partial charge on any atom is 0.335 e. The molecular formula is C22H27N3O3. The lowest BCUT2D eigenvalue weighted by Gasteiger charge is -2.16. The molecule has 0 spiro atoms. The lowest BCUT2D eigenvalue weighted by atomic mass is 10.0. The van der Waals surface area contributed by atoms with Gasteiger partial charge in [-0.3, -0.25) is 4.57 Å². The number of rotatable bonds is 8. The number of fused-ring (bicyclic) bond motifs is 1. The Morgan fingerprint density at radius 2 is 2.00 bits per heavy atom. The first-order valence-electron chi connectivity index (χ1n) is 9.70. The summed E-state index contributed by atoms with van der Waals surface area (Å²) in [4.78, 5) is 15.6. The lowest BCUT2D eigenvalue weighted by Crippen LogP contribution is -2.05. The zero-order chi connectivity index (χ0) is 20.3. The monoisotopic (exact) mass is 381 g/mol. The van der Waals surface area contributed by atoms with Crippen LogP contribution in [0, 0.1) is 0 Å².